The number of carbonyl (C=O) groups is 1. The molecule has 1 aromatic rings. The van der Waals surface area contributed by atoms with Crippen molar-refractivity contribution in [3.8, 4) is 0 Å². The van der Waals surface area contributed by atoms with E-state index >= 15 is 0 Å². The molecule has 1 aliphatic heterocycles. The van der Waals surface area contributed by atoms with Crippen LogP contribution in [0.15, 0.2) is 18.2 Å². The third-order valence-corrected chi connectivity index (χ3v) is 3.99. The molecular formula is C13H17ClN2O2. The van der Waals surface area contributed by atoms with Gasteiger partial charge in [-0.2, -0.15) is 0 Å². The highest BCUT2D eigenvalue weighted by atomic mass is 35.5. The monoisotopic (exact) mass is 268 g/mol. The van der Waals surface area contributed by atoms with Crippen molar-refractivity contribution in [2.45, 2.75) is 20.0 Å². The number of aliphatic hydroxyl groups excluding tert-OH is 1. The van der Waals surface area contributed by atoms with Crippen LogP contribution < -0.4 is 10.6 Å². The molecule has 1 saturated heterocycles. The zero-order valence-electron chi connectivity index (χ0n) is 10.3. The van der Waals surface area contributed by atoms with Crippen molar-refractivity contribution in [2.75, 3.05) is 18.0 Å². The third-order valence-electron chi connectivity index (χ3n) is 3.64. The summed E-state index contributed by atoms with van der Waals surface area (Å²) in [5.74, 6) is -0.261. The van der Waals surface area contributed by atoms with Gasteiger partial charge in [-0.15, -0.1) is 0 Å². The number of carbonyl (C=O) groups excluding carboxylic acids is 1. The molecule has 1 fully saturated rings. The Hall–Kier alpha value is -1.26. The third kappa shape index (κ3) is 2.31. The van der Waals surface area contributed by atoms with Crippen molar-refractivity contribution in [1.82, 2.24) is 0 Å². The second kappa shape index (κ2) is 4.78. The molecule has 0 radical (unpaired) electrons. The smallest absolute Gasteiger partial charge is 0.225 e. The second-order valence-electron chi connectivity index (χ2n) is 5.03. The van der Waals surface area contributed by atoms with E-state index in [4.69, 9.17) is 22.4 Å². The fourth-order valence-corrected chi connectivity index (χ4v) is 2.48. The van der Waals surface area contributed by atoms with Crippen LogP contribution in [0.5, 0.6) is 0 Å². The highest BCUT2D eigenvalue weighted by Crippen LogP contribution is 2.34. The number of hydrogen-bond acceptors (Lipinski definition) is 3. The van der Waals surface area contributed by atoms with Crippen LogP contribution in [0.25, 0.3) is 0 Å². The minimum Gasteiger partial charge on any atom is -0.392 e. The van der Waals surface area contributed by atoms with Gasteiger partial charge in [0.1, 0.15) is 0 Å². The van der Waals surface area contributed by atoms with Crippen LogP contribution in [-0.4, -0.2) is 24.1 Å². The first-order valence-corrected chi connectivity index (χ1v) is 6.28. The van der Waals surface area contributed by atoms with Crippen molar-refractivity contribution < 1.29 is 9.90 Å². The zero-order chi connectivity index (χ0) is 13.3. The molecule has 18 heavy (non-hydrogen) atoms. The van der Waals surface area contributed by atoms with E-state index < -0.39 is 5.41 Å². The molecule has 1 unspecified atom stereocenters. The number of hydrogen-bond donors (Lipinski definition) is 2. The fraction of sp³-hybridized carbons (Fsp3) is 0.462. The van der Waals surface area contributed by atoms with Crippen LogP contribution in [0.1, 0.15) is 18.9 Å². The van der Waals surface area contributed by atoms with E-state index in [1.54, 1.807) is 6.07 Å². The van der Waals surface area contributed by atoms with Gasteiger partial charge in [0.2, 0.25) is 5.91 Å². The lowest BCUT2D eigenvalue weighted by molar-refractivity contribution is -0.125. The Bertz CT molecular complexity index is 478. The molecular weight excluding hydrogens is 252 g/mol. The first kappa shape index (κ1) is 13.2. The maximum absolute atomic E-state index is 11.4. The standard InChI is InChI=1S/C13H17ClN2O2/c1-13(12(15)18)4-5-16(8-13)10-3-2-9(7-17)11(14)6-10/h2-3,6,17H,4-5,7-8H2,1H3,(H2,15,18). The number of aliphatic hydroxyl groups is 1. The van der Waals surface area contributed by atoms with Gasteiger partial charge in [0.25, 0.3) is 0 Å². The number of amides is 1. The Balaban J connectivity index is 2.19. The van der Waals surface area contributed by atoms with Gasteiger partial charge in [-0.05, 0) is 31.0 Å². The van der Waals surface area contributed by atoms with Gasteiger partial charge in [0.05, 0.1) is 12.0 Å². The highest BCUT2D eigenvalue weighted by Gasteiger charge is 2.38. The lowest BCUT2D eigenvalue weighted by atomic mass is 9.89. The second-order valence-corrected chi connectivity index (χ2v) is 5.44. The van der Waals surface area contributed by atoms with Crippen LogP contribution in [0.4, 0.5) is 5.69 Å². The minimum absolute atomic E-state index is 0.0713. The summed E-state index contributed by atoms with van der Waals surface area (Å²) in [5.41, 5.74) is 6.62. The topological polar surface area (TPSA) is 66.6 Å². The normalized spacial score (nSPS) is 23.4. The molecule has 0 spiro atoms. The summed E-state index contributed by atoms with van der Waals surface area (Å²) < 4.78 is 0. The SMILES string of the molecule is CC1(C(N)=O)CCN(c2ccc(CO)c(Cl)c2)C1. The fourth-order valence-electron chi connectivity index (χ4n) is 2.24. The van der Waals surface area contributed by atoms with E-state index in [9.17, 15) is 4.79 Å². The van der Waals surface area contributed by atoms with Crippen LogP contribution in [0, 0.1) is 5.41 Å². The van der Waals surface area contributed by atoms with Gasteiger partial charge in [-0.25, -0.2) is 0 Å². The molecule has 1 aromatic carbocycles. The first-order valence-electron chi connectivity index (χ1n) is 5.90. The predicted molar refractivity (Wildman–Crippen MR) is 71.5 cm³/mol. The summed E-state index contributed by atoms with van der Waals surface area (Å²) in [6, 6.07) is 5.53. The molecule has 3 N–H and O–H groups in total. The van der Waals surface area contributed by atoms with E-state index in [0.29, 0.717) is 17.1 Å². The van der Waals surface area contributed by atoms with Crippen LogP contribution in [-0.2, 0) is 11.4 Å². The summed E-state index contributed by atoms with van der Waals surface area (Å²) in [5, 5.41) is 9.62. The zero-order valence-corrected chi connectivity index (χ0v) is 11.1. The molecule has 2 rings (SSSR count). The summed E-state index contributed by atoms with van der Waals surface area (Å²) >= 11 is 6.06. The maximum atomic E-state index is 11.4. The number of halogens is 1. The van der Waals surface area contributed by atoms with Crippen LogP contribution in [0.3, 0.4) is 0 Å². The minimum atomic E-state index is -0.470. The Morgan fingerprint density at radius 3 is 2.83 bits per heavy atom. The molecule has 4 nitrogen and oxygen atoms in total. The number of benzene rings is 1. The van der Waals surface area contributed by atoms with E-state index in [2.05, 4.69) is 4.90 Å². The molecule has 98 valence electrons. The van der Waals surface area contributed by atoms with E-state index in [-0.39, 0.29) is 12.5 Å². The van der Waals surface area contributed by atoms with E-state index in [1.807, 2.05) is 19.1 Å². The molecule has 1 amide bonds. The molecule has 1 aliphatic rings. The average molecular weight is 269 g/mol. The number of nitrogens with two attached hydrogens (primary N) is 1. The quantitative estimate of drug-likeness (QED) is 0.874. The molecule has 1 atom stereocenters. The molecule has 1 heterocycles. The van der Waals surface area contributed by atoms with Gasteiger partial charge in [0, 0.05) is 23.8 Å². The van der Waals surface area contributed by atoms with Crippen molar-refractivity contribution in [1.29, 1.82) is 0 Å². The van der Waals surface area contributed by atoms with Crippen molar-refractivity contribution >= 4 is 23.2 Å². The van der Waals surface area contributed by atoms with Gasteiger partial charge >= 0.3 is 0 Å². The summed E-state index contributed by atoms with van der Waals surface area (Å²) in [7, 11) is 0. The van der Waals surface area contributed by atoms with Crippen molar-refractivity contribution in [2.24, 2.45) is 11.1 Å². The van der Waals surface area contributed by atoms with Crippen molar-refractivity contribution in [3.05, 3.63) is 28.8 Å². The Morgan fingerprint density at radius 2 is 2.33 bits per heavy atom. The van der Waals surface area contributed by atoms with Gasteiger partial charge < -0.3 is 15.7 Å². The molecule has 0 aliphatic carbocycles. The molecule has 5 heteroatoms. The largest absolute Gasteiger partial charge is 0.392 e. The van der Waals surface area contributed by atoms with Crippen LogP contribution >= 0.6 is 11.6 Å². The molecule has 0 saturated carbocycles. The number of rotatable bonds is 3. The Labute approximate surface area is 111 Å². The number of anilines is 1. The summed E-state index contributed by atoms with van der Waals surface area (Å²) in [6.07, 6.45) is 0.752. The maximum Gasteiger partial charge on any atom is 0.225 e. The Kier molecular flexibility index (Phi) is 3.50. The highest BCUT2D eigenvalue weighted by molar-refractivity contribution is 6.31. The molecule has 0 bridgehead atoms. The van der Waals surface area contributed by atoms with Gasteiger partial charge in [-0.3, -0.25) is 4.79 Å². The van der Waals surface area contributed by atoms with Crippen LogP contribution in [0.2, 0.25) is 5.02 Å². The molecule has 0 aromatic heterocycles. The summed E-state index contributed by atoms with van der Waals surface area (Å²) in [4.78, 5) is 13.5. The van der Waals surface area contributed by atoms with Crippen molar-refractivity contribution in [3.63, 3.8) is 0 Å². The number of nitrogens with zero attached hydrogens (tertiary/aromatic N) is 1. The number of primary amides is 1. The Morgan fingerprint density at radius 1 is 1.61 bits per heavy atom. The predicted octanol–water partition coefficient (Wildman–Crippen LogP) is 1.53. The average Bonchev–Trinajstić information content (AvgIpc) is 2.73. The first-order chi connectivity index (χ1) is 8.46. The van der Waals surface area contributed by atoms with E-state index in [1.165, 1.54) is 0 Å². The van der Waals surface area contributed by atoms with Gasteiger partial charge in [0.15, 0.2) is 0 Å². The lowest BCUT2D eigenvalue weighted by Crippen LogP contribution is -2.37. The van der Waals surface area contributed by atoms with E-state index in [0.717, 1.165) is 18.7 Å². The van der Waals surface area contributed by atoms with Gasteiger partial charge in [-0.1, -0.05) is 17.7 Å². The summed E-state index contributed by atoms with van der Waals surface area (Å²) in [6.45, 7) is 3.21. The lowest BCUT2D eigenvalue weighted by Gasteiger charge is -2.23.